The summed E-state index contributed by atoms with van der Waals surface area (Å²) in [5.74, 6) is -0.138. The molecule has 2 aromatic carbocycles. The highest BCUT2D eigenvalue weighted by molar-refractivity contribution is 7.99. The minimum Gasteiger partial charge on any atom is -0.305 e. The number of thioether (sulfide) groups is 1. The number of amides is 3. The highest BCUT2D eigenvalue weighted by Gasteiger charge is 2.10. The first-order valence-corrected chi connectivity index (χ1v) is 7.77. The Hall–Kier alpha value is -2.34. The monoisotopic (exact) mass is 318 g/mol. The van der Waals surface area contributed by atoms with E-state index < -0.39 is 17.8 Å². The second-order valence-corrected chi connectivity index (χ2v) is 5.45. The highest BCUT2D eigenvalue weighted by Crippen LogP contribution is 2.13. The molecule has 3 amide bonds. The average Bonchev–Trinajstić information content (AvgIpc) is 2.50. The van der Waals surface area contributed by atoms with E-state index in [2.05, 4.69) is 10.6 Å². The minimum absolute atomic E-state index is 0.0322. The summed E-state index contributed by atoms with van der Waals surface area (Å²) in [4.78, 5) is 23.2. The number of urea groups is 1. The lowest BCUT2D eigenvalue weighted by Gasteiger charge is -2.07. The Morgan fingerprint density at radius 3 is 2.41 bits per heavy atom. The second-order valence-electron chi connectivity index (χ2n) is 4.46. The fraction of sp³-hybridized carbons (Fsp3) is 0.125. The highest BCUT2D eigenvalue weighted by atomic mass is 32.2. The van der Waals surface area contributed by atoms with E-state index >= 15 is 0 Å². The Morgan fingerprint density at radius 2 is 1.68 bits per heavy atom. The van der Waals surface area contributed by atoms with Crippen LogP contribution >= 0.6 is 11.8 Å². The molecule has 0 unspecified atom stereocenters. The maximum Gasteiger partial charge on any atom is 0.325 e. The number of para-hydroxylation sites is 1. The van der Waals surface area contributed by atoms with Crippen LogP contribution < -0.4 is 10.6 Å². The summed E-state index contributed by atoms with van der Waals surface area (Å²) < 4.78 is 13.3. The van der Waals surface area contributed by atoms with E-state index in [0.717, 1.165) is 5.56 Å². The standard InChI is InChI=1S/C16H15FN2O2S/c17-13-8-4-5-9-14(13)18-16(21)19-15(20)11-22-10-12-6-2-1-3-7-12/h1-9H,10-11H2,(H2,18,19,20,21). The quantitative estimate of drug-likeness (QED) is 0.888. The Morgan fingerprint density at radius 1 is 1.00 bits per heavy atom. The molecule has 0 bridgehead atoms. The van der Waals surface area contributed by atoms with E-state index in [1.165, 1.54) is 30.0 Å². The van der Waals surface area contributed by atoms with Gasteiger partial charge in [0.1, 0.15) is 5.82 Å². The van der Waals surface area contributed by atoms with Gasteiger partial charge in [0, 0.05) is 5.75 Å². The van der Waals surface area contributed by atoms with Gasteiger partial charge in [0.2, 0.25) is 5.91 Å². The first-order chi connectivity index (χ1) is 10.6. The smallest absolute Gasteiger partial charge is 0.305 e. The van der Waals surface area contributed by atoms with E-state index in [0.29, 0.717) is 5.75 Å². The van der Waals surface area contributed by atoms with Gasteiger partial charge in [-0.25, -0.2) is 9.18 Å². The minimum atomic E-state index is -0.740. The van der Waals surface area contributed by atoms with Crippen LogP contribution in [0.15, 0.2) is 54.6 Å². The van der Waals surface area contributed by atoms with Crippen molar-refractivity contribution in [3.63, 3.8) is 0 Å². The first kappa shape index (κ1) is 16.0. The van der Waals surface area contributed by atoms with E-state index in [9.17, 15) is 14.0 Å². The van der Waals surface area contributed by atoms with Crippen molar-refractivity contribution in [2.24, 2.45) is 0 Å². The van der Waals surface area contributed by atoms with Crippen LogP contribution in [0.2, 0.25) is 0 Å². The van der Waals surface area contributed by atoms with Crippen molar-refractivity contribution in [3.8, 4) is 0 Å². The SMILES string of the molecule is O=C(CSCc1ccccc1)NC(=O)Nc1ccccc1F. The van der Waals surface area contributed by atoms with Gasteiger partial charge in [-0.3, -0.25) is 10.1 Å². The van der Waals surface area contributed by atoms with Gasteiger partial charge in [-0.05, 0) is 17.7 Å². The fourth-order valence-electron chi connectivity index (χ4n) is 1.71. The molecule has 4 nitrogen and oxygen atoms in total. The van der Waals surface area contributed by atoms with Gasteiger partial charge in [-0.15, -0.1) is 11.8 Å². The summed E-state index contributed by atoms with van der Waals surface area (Å²) in [6.07, 6.45) is 0. The predicted octanol–water partition coefficient (Wildman–Crippen LogP) is 3.41. The Kier molecular flexibility index (Phi) is 5.97. The van der Waals surface area contributed by atoms with Crippen molar-refractivity contribution in [2.45, 2.75) is 5.75 Å². The number of carbonyl (C=O) groups is 2. The molecule has 0 aliphatic rings. The first-order valence-electron chi connectivity index (χ1n) is 6.62. The molecule has 0 aliphatic carbocycles. The van der Waals surface area contributed by atoms with Crippen molar-refractivity contribution < 1.29 is 14.0 Å². The average molecular weight is 318 g/mol. The Bertz CT molecular complexity index is 650. The number of rotatable bonds is 5. The molecule has 2 N–H and O–H groups in total. The van der Waals surface area contributed by atoms with Gasteiger partial charge in [-0.2, -0.15) is 0 Å². The lowest BCUT2D eigenvalue weighted by Crippen LogP contribution is -2.35. The Labute approximate surface area is 132 Å². The largest absolute Gasteiger partial charge is 0.325 e. The topological polar surface area (TPSA) is 58.2 Å². The van der Waals surface area contributed by atoms with Crippen LogP contribution in [0.4, 0.5) is 14.9 Å². The van der Waals surface area contributed by atoms with Crippen LogP contribution in [0.5, 0.6) is 0 Å². The molecule has 0 radical (unpaired) electrons. The number of anilines is 1. The molecule has 0 aromatic heterocycles. The number of halogens is 1. The maximum absolute atomic E-state index is 13.3. The normalized spacial score (nSPS) is 10.0. The van der Waals surface area contributed by atoms with E-state index in [-0.39, 0.29) is 11.4 Å². The van der Waals surface area contributed by atoms with Gasteiger partial charge >= 0.3 is 6.03 Å². The maximum atomic E-state index is 13.3. The molecule has 114 valence electrons. The molecule has 0 saturated heterocycles. The number of hydrogen-bond acceptors (Lipinski definition) is 3. The van der Waals surface area contributed by atoms with E-state index in [4.69, 9.17) is 0 Å². The lowest BCUT2D eigenvalue weighted by molar-refractivity contribution is -0.117. The number of nitrogens with one attached hydrogen (secondary N) is 2. The molecule has 2 rings (SSSR count). The summed E-state index contributed by atoms with van der Waals surface area (Å²) in [7, 11) is 0. The molecule has 2 aromatic rings. The van der Waals surface area contributed by atoms with Crippen molar-refractivity contribution in [2.75, 3.05) is 11.1 Å². The van der Waals surface area contributed by atoms with Gasteiger partial charge in [0.15, 0.2) is 0 Å². The zero-order chi connectivity index (χ0) is 15.8. The molecular formula is C16H15FN2O2S. The van der Waals surface area contributed by atoms with Crippen molar-refractivity contribution >= 4 is 29.4 Å². The predicted molar refractivity (Wildman–Crippen MR) is 86.2 cm³/mol. The molecular weight excluding hydrogens is 303 g/mol. The summed E-state index contributed by atoms with van der Waals surface area (Å²) in [6.45, 7) is 0. The zero-order valence-corrected chi connectivity index (χ0v) is 12.5. The number of imide groups is 1. The second kappa shape index (κ2) is 8.19. The summed E-state index contributed by atoms with van der Waals surface area (Å²) in [6, 6.07) is 14.7. The molecule has 0 atom stereocenters. The molecule has 6 heteroatoms. The third kappa shape index (κ3) is 5.21. The van der Waals surface area contributed by atoms with Gasteiger partial charge in [0.25, 0.3) is 0 Å². The van der Waals surface area contributed by atoms with Crippen molar-refractivity contribution in [1.82, 2.24) is 5.32 Å². The van der Waals surface area contributed by atoms with Crippen molar-refractivity contribution in [1.29, 1.82) is 0 Å². The Balaban J connectivity index is 1.72. The van der Waals surface area contributed by atoms with Crippen LogP contribution in [0.25, 0.3) is 0 Å². The van der Waals surface area contributed by atoms with Gasteiger partial charge < -0.3 is 5.32 Å². The summed E-state index contributed by atoms with van der Waals surface area (Å²) in [5.41, 5.74) is 1.14. The summed E-state index contributed by atoms with van der Waals surface area (Å²) in [5, 5.41) is 4.46. The molecule has 0 fully saturated rings. The number of hydrogen-bond donors (Lipinski definition) is 2. The van der Waals surface area contributed by atoms with Crippen LogP contribution in [0.1, 0.15) is 5.56 Å². The third-order valence-corrected chi connectivity index (χ3v) is 3.72. The lowest BCUT2D eigenvalue weighted by atomic mass is 10.2. The van der Waals surface area contributed by atoms with Gasteiger partial charge in [0.05, 0.1) is 11.4 Å². The zero-order valence-electron chi connectivity index (χ0n) is 11.7. The molecule has 0 aliphatic heterocycles. The van der Waals surface area contributed by atoms with Crippen molar-refractivity contribution in [3.05, 3.63) is 66.0 Å². The molecule has 22 heavy (non-hydrogen) atoms. The molecule has 0 spiro atoms. The molecule has 0 saturated carbocycles. The third-order valence-electron chi connectivity index (χ3n) is 2.72. The summed E-state index contributed by atoms with van der Waals surface area (Å²) >= 11 is 1.40. The fourth-order valence-corrected chi connectivity index (χ4v) is 2.50. The van der Waals surface area contributed by atoms with Crippen LogP contribution in [-0.2, 0) is 10.5 Å². The van der Waals surface area contributed by atoms with Crippen LogP contribution in [0.3, 0.4) is 0 Å². The van der Waals surface area contributed by atoms with Crippen LogP contribution in [-0.4, -0.2) is 17.7 Å². The van der Waals surface area contributed by atoms with Crippen LogP contribution in [0, 0.1) is 5.82 Å². The van der Waals surface area contributed by atoms with E-state index in [1.807, 2.05) is 30.3 Å². The number of benzene rings is 2. The molecule has 0 heterocycles. The van der Waals surface area contributed by atoms with Gasteiger partial charge in [-0.1, -0.05) is 42.5 Å². The van der Waals surface area contributed by atoms with E-state index in [1.54, 1.807) is 6.07 Å². The number of carbonyl (C=O) groups excluding carboxylic acids is 2.